The predicted octanol–water partition coefficient (Wildman–Crippen LogP) is 2.88. The first-order valence-electron chi connectivity index (χ1n) is 5.48. The molecule has 0 atom stereocenters. The molecule has 90 valence electrons. The summed E-state index contributed by atoms with van der Waals surface area (Å²) >= 11 is 5.85. The summed E-state index contributed by atoms with van der Waals surface area (Å²) in [5.41, 5.74) is 3.36. The second-order valence-electron chi connectivity index (χ2n) is 4.14. The third-order valence-electron chi connectivity index (χ3n) is 2.75. The van der Waals surface area contributed by atoms with E-state index in [0.29, 0.717) is 5.15 Å². The van der Waals surface area contributed by atoms with Crippen molar-refractivity contribution in [1.82, 2.24) is 15.0 Å². The third kappa shape index (κ3) is 1.91. The maximum Gasteiger partial charge on any atom is 0.249 e. The zero-order valence-electron chi connectivity index (χ0n) is 9.62. The Labute approximate surface area is 108 Å². The van der Waals surface area contributed by atoms with Crippen molar-refractivity contribution in [3.63, 3.8) is 0 Å². The quantitative estimate of drug-likeness (QED) is 0.660. The first-order chi connectivity index (χ1) is 8.61. The van der Waals surface area contributed by atoms with Crippen molar-refractivity contribution in [2.45, 2.75) is 6.92 Å². The van der Waals surface area contributed by atoms with E-state index in [2.05, 4.69) is 15.0 Å². The molecule has 0 spiro atoms. The van der Waals surface area contributed by atoms with E-state index in [0.717, 1.165) is 28.0 Å². The van der Waals surface area contributed by atoms with Crippen LogP contribution >= 0.6 is 11.6 Å². The summed E-state index contributed by atoms with van der Waals surface area (Å²) in [5.74, 6) is 0.867. The molecule has 0 aliphatic carbocycles. The van der Waals surface area contributed by atoms with E-state index < -0.39 is 0 Å². The number of pyridine rings is 1. The van der Waals surface area contributed by atoms with Crippen LogP contribution in [0.25, 0.3) is 22.2 Å². The van der Waals surface area contributed by atoms with Gasteiger partial charge in [-0.3, -0.25) is 4.79 Å². The molecular formula is C13H10ClN3O. The number of hydrogen-bond acceptors (Lipinski definition) is 2. The number of nitrogens with zero attached hydrogens (tertiary/aromatic N) is 1. The Kier molecular flexibility index (Phi) is 2.45. The van der Waals surface area contributed by atoms with E-state index >= 15 is 0 Å². The molecule has 2 heterocycles. The van der Waals surface area contributed by atoms with Gasteiger partial charge in [0.25, 0.3) is 0 Å². The number of aryl methyl sites for hydroxylation is 1. The molecule has 0 radical (unpaired) electrons. The maximum absolute atomic E-state index is 11.4. The van der Waals surface area contributed by atoms with Gasteiger partial charge in [0.15, 0.2) is 0 Å². The van der Waals surface area contributed by atoms with Crippen LogP contribution in [0.1, 0.15) is 5.82 Å². The molecule has 0 saturated heterocycles. The lowest BCUT2D eigenvalue weighted by molar-refractivity contribution is 1.17. The van der Waals surface area contributed by atoms with Gasteiger partial charge in [0.05, 0.1) is 11.0 Å². The lowest BCUT2D eigenvalue weighted by atomic mass is 10.1. The highest BCUT2D eigenvalue weighted by Crippen LogP contribution is 2.23. The molecule has 0 aliphatic heterocycles. The largest absolute Gasteiger partial charge is 0.342 e. The topological polar surface area (TPSA) is 61.5 Å². The number of fused-ring (bicyclic) bond motifs is 1. The molecule has 2 aromatic heterocycles. The minimum absolute atomic E-state index is 0.210. The van der Waals surface area contributed by atoms with Crippen LogP contribution in [0.5, 0.6) is 0 Å². The van der Waals surface area contributed by atoms with Crippen LogP contribution in [0.2, 0.25) is 5.15 Å². The number of aromatic nitrogens is 3. The molecule has 0 aliphatic rings. The van der Waals surface area contributed by atoms with Crippen LogP contribution < -0.4 is 5.56 Å². The van der Waals surface area contributed by atoms with Gasteiger partial charge in [0.2, 0.25) is 5.56 Å². The van der Waals surface area contributed by atoms with Crippen molar-refractivity contribution in [1.29, 1.82) is 0 Å². The minimum atomic E-state index is -0.210. The molecule has 3 aromatic rings. The van der Waals surface area contributed by atoms with Crippen LogP contribution in [-0.2, 0) is 0 Å². The Morgan fingerprint density at radius 3 is 2.72 bits per heavy atom. The molecule has 0 unspecified atom stereocenters. The molecule has 0 fully saturated rings. The number of benzene rings is 1. The smallest absolute Gasteiger partial charge is 0.249 e. The summed E-state index contributed by atoms with van der Waals surface area (Å²) in [7, 11) is 0. The second kappa shape index (κ2) is 3.99. The highest BCUT2D eigenvalue weighted by Gasteiger charge is 2.04. The van der Waals surface area contributed by atoms with Crippen molar-refractivity contribution < 1.29 is 0 Å². The van der Waals surface area contributed by atoms with Crippen LogP contribution in [0, 0.1) is 6.92 Å². The Morgan fingerprint density at radius 1 is 1.11 bits per heavy atom. The zero-order chi connectivity index (χ0) is 12.7. The molecule has 5 heteroatoms. The first kappa shape index (κ1) is 11.0. The summed E-state index contributed by atoms with van der Waals surface area (Å²) in [6.07, 6.45) is 0. The van der Waals surface area contributed by atoms with Crippen molar-refractivity contribution in [3.05, 3.63) is 51.7 Å². The fourth-order valence-corrected chi connectivity index (χ4v) is 2.20. The molecule has 1 aromatic carbocycles. The highest BCUT2D eigenvalue weighted by atomic mass is 35.5. The molecular weight excluding hydrogens is 250 g/mol. The van der Waals surface area contributed by atoms with Gasteiger partial charge in [-0.05, 0) is 36.2 Å². The molecule has 0 amide bonds. The van der Waals surface area contributed by atoms with E-state index in [1.165, 1.54) is 6.07 Å². The van der Waals surface area contributed by atoms with Gasteiger partial charge < -0.3 is 9.97 Å². The van der Waals surface area contributed by atoms with E-state index in [1.807, 2.05) is 25.1 Å². The molecule has 0 saturated carbocycles. The lowest BCUT2D eigenvalue weighted by Crippen LogP contribution is -2.03. The van der Waals surface area contributed by atoms with Gasteiger partial charge >= 0.3 is 0 Å². The zero-order valence-corrected chi connectivity index (χ0v) is 10.4. The third-order valence-corrected chi connectivity index (χ3v) is 2.95. The fraction of sp³-hybridized carbons (Fsp3) is 0.0769. The monoisotopic (exact) mass is 259 g/mol. The summed E-state index contributed by atoms with van der Waals surface area (Å²) in [4.78, 5) is 21.4. The Bertz CT molecular complexity index is 788. The number of H-pyrrole nitrogens is 2. The standard InChI is InChI=1S/C13H10ClN3O/c1-7-15-10-3-2-8(4-11(10)16-7)9-5-12(14)17-13(18)6-9/h2-6H,1H3,(H,15,16)(H,17,18). The number of hydrogen-bond donors (Lipinski definition) is 2. The van der Waals surface area contributed by atoms with Crippen LogP contribution in [-0.4, -0.2) is 15.0 Å². The van der Waals surface area contributed by atoms with E-state index in [1.54, 1.807) is 6.07 Å². The number of aromatic amines is 2. The summed E-state index contributed by atoms with van der Waals surface area (Å²) in [6, 6.07) is 9.06. The predicted molar refractivity (Wildman–Crippen MR) is 71.9 cm³/mol. The van der Waals surface area contributed by atoms with E-state index in [4.69, 9.17) is 11.6 Å². The normalized spacial score (nSPS) is 11.0. The number of imidazole rings is 1. The molecule has 18 heavy (non-hydrogen) atoms. The number of nitrogens with one attached hydrogen (secondary N) is 2. The summed E-state index contributed by atoms with van der Waals surface area (Å²) < 4.78 is 0. The Balaban J connectivity index is 2.21. The number of halogens is 1. The summed E-state index contributed by atoms with van der Waals surface area (Å²) in [6.45, 7) is 1.91. The lowest BCUT2D eigenvalue weighted by Gasteiger charge is -2.01. The van der Waals surface area contributed by atoms with Crippen molar-refractivity contribution >= 4 is 22.6 Å². The minimum Gasteiger partial charge on any atom is -0.342 e. The van der Waals surface area contributed by atoms with Crippen molar-refractivity contribution in [3.8, 4) is 11.1 Å². The van der Waals surface area contributed by atoms with Gasteiger partial charge in [-0.2, -0.15) is 0 Å². The van der Waals surface area contributed by atoms with E-state index in [-0.39, 0.29) is 5.56 Å². The Hall–Kier alpha value is -2.07. The SMILES string of the molecule is Cc1nc2ccc(-c3cc(Cl)[nH]c(=O)c3)cc2[nH]1. The van der Waals surface area contributed by atoms with Gasteiger partial charge in [0.1, 0.15) is 11.0 Å². The molecule has 4 nitrogen and oxygen atoms in total. The summed E-state index contributed by atoms with van der Waals surface area (Å²) in [5, 5.41) is 0.332. The molecule has 2 N–H and O–H groups in total. The van der Waals surface area contributed by atoms with Crippen LogP contribution in [0.4, 0.5) is 0 Å². The fourth-order valence-electron chi connectivity index (χ4n) is 1.99. The van der Waals surface area contributed by atoms with Gasteiger partial charge in [-0.1, -0.05) is 17.7 Å². The Morgan fingerprint density at radius 2 is 1.94 bits per heavy atom. The van der Waals surface area contributed by atoms with Crippen molar-refractivity contribution in [2.24, 2.45) is 0 Å². The van der Waals surface area contributed by atoms with Crippen LogP contribution in [0.15, 0.2) is 35.1 Å². The van der Waals surface area contributed by atoms with Crippen molar-refractivity contribution in [2.75, 3.05) is 0 Å². The van der Waals surface area contributed by atoms with Gasteiger partial charge in [-0.25, -0.2) is 4.98 Å². The van der Waals surface area contributed by atoms with E-state index in [9.17, 15) is 4.79 Å². The van der Waals surface area contributed by atoms with Gasteiger partial charge in [-0.15, -0.1) is 0 Å². The average Bonchev–Trinajstić information content (AvgIpc) is 2.66. The van der Waals surface area contributed by atoms with Gasteiger partial charge in [0, 0.05) is 6.07 Å². The highest BCUT2D eigenvalue weighted by molar-refractivity contribution is 6.29. The molecule has 0 bridgehead atoms. The van der Waals surface area contributed by atoms with Crippen LogP contribution in [0.3, 0.4) is 0 Å². The number of rotatable bonds is 1. The maximum atomic E-state index is 11.4. The second-order valence-corrected chi connectivity index (χ2v) is 4.54. The first-order valence-corrected chi connectivity index (χ1v) is 5.86. The molecule has 3 rings (SSSR count). The average molecular weight is 260 g/mol.